The maximum atomic E-state index is 10.1. The summed E-state index contributed by atoms with van der Waals surface area (Å²) in [6, 6.07) is 0. The Hall–Kier alpha value is -0.380. The van der Waals surface area contributed by atoms with Crippen LogP contribution in [0.1, 0.15) is 26.2 Å². The topological polar surface area (TPSA) is 46.5 Å². The van der Waals surface area contributed by atoms with Crippen molar-refractivity contribution in [1.29, 1.82) is 0 Å². The van der Waals surface area contributed by atoms with E-state index in [0.29, 0.717) is 0 Å². The van der Waals surface area contributed by atoms with Crippen molar-refractivity contribution in [1.82, 2.24) is 0 Å². The third kappa shape index (κ3) is 6.04. The molecule has 1 N–H and O–H groups in total. The second kappa shape index (κ2) is 6.34. The summed E-state index contributed by atoms with van der Waals surface area (Å²) < 4.78 is 4.58. The molecule has 0 spiro atoms. The lowest BCUT2D eigenvalue weighted by atomic mass is 10.3. The smallest absolute Gasteiger partial charge is 0.450 e. The van der Waals surface area contributed by atoms with E-state index in [4.69, 9.17) is 5.11 Å². The fourth-order valence-corrected chi connectivity index (χ4v) is 1.29. The lowest BCUT2D eigenvalue weighted by molar-refractivity contribution is 0.0792. The molecule has 1 atom stereocenters. The van der Waals surface area contributed by atoms with Crippen LogP contribution in [0.4, 0.5) is 4.79 Å². The van der Waals surface area contributed by atoms with Gasteiger partial charge in [-0.15, -0.1) is 11.8 Å². The van der Waals surface area contributed by atoms with Gasteiger partial charge >= 0.3 is 6.16 Å². The highest BCUT2D eigenvalue weighted by Crippen LogP contribution is 2.15. The van der Waals surface area contributed by atoms with Gasteiger partial charge in [-0.25, -0.2) is 4.79 Å². The van der Waals surface area contributed by atoms with Gasteiger partial charge in [0.2, 0.25) is 0 Å². The largest absolute Gasteiger partial charge is 0.506 e. The molecule has 0 saturated carbocycles. The first-order chi connectivity index (χ1) is 5.20. The van der Waals surface area contributed by atoms with E-state index >= 15 is 0 Å². The SMILES string of the molecule is CCCCC(OC(=O)O)SC. The normalized spacial score (nSPS) is 12.5. The molecule has 0 aliphatic rings. The molecule has 0 aliphatic heterocycles. The maximum absolute atomic E-state index is 10.1. The van der Waals surface area contributed by atoms with Gasteiger partial charge < -0.3 is 9.84 Å². The van der Waals surface area contributed by atoms with Gasteiger partial charge in [0, 0.05) is 0 Å². The van der Waals surface area contributed by atoms with Crippen LogP contribution in [0.2, 0.25) is 0 Å². The number of thioether (sulfide) groups is 1. The van der Waals surface area contributed by atoms with Crippen molar-refractivity contribution in [2.24, 2.45) is 0 Å². The van der Waals surface area contributed by atoms with Crippen LogP contribution in [-0.4, -0.2) is 23.0 Å². The molecular weight excluding hydrogens is 164 g/mol. The highest BCUT2D eigenvalue weighted by Gasteiger charge is 2.10. The Morgan fingerprint density at radius 2 is 2.36 bits per heavy atom. The summed E-state index contributed by atoms with van der Waals surface area (Å²) in [5.74, 6) is 0. The van der Waals surface area contributed by atoms with Crippen molar-refractivity contribution in [2.75, 3.05) is 6.26 Å². The molecular formula is C7H14O3S. The van der Waals surface area contributed by atoms with Crippen molar-refractivity contribution in [3.8, 4) is 0 Å². The van der Waals surface area contributed by atoms with E-state index in [1.54, 1.807) is 0 Å². The highest BCUT2D eigenvalue weighted by molar-refractivity contribution is 7.99. The van der Waals surface area contributed by atoms with E-state index in [0.717, 1.165) is 19.3 Å². The van der Waals surface area contributed by atoms with Gasteiger partial charge in [-0.2, -0.15) is 0 Å². The Morgan fingerprint density at radius 3 is 2.73 bits per heavy atom. The van der Waals surface area contributed by atoms with Crippen LogP contribution in [0.5, 0.6) is 0 Å². The molecule has 0 aromatic heterocycles. The summed E-state index contributed by atoms with van der Waals surface area (Å²) in [7, 11) is 0. The first kappa shape index (κ1) is 10.6. The molecule has 0 aromatic carbocycles. The average molecular weight is 178 g/mol. The zero-order chi connectivity index (χ0) is 8.69. The lowest BCUT2D eigenvalue weighted by Crippen LogP contribution is -2.12. The second-order valence-electron chi connectivity index (χ2n) is 2.19. The summed E-state index contributed by atoms with van der Waals surface area (Å²) in [6.07, 6.45) is 3.56. The third-order valence-electron chi connectivity index (χ3n) is 1.29. The standard InChI is InChI=1S/C7H14O3S/c1-3-4-5-6(11-2)10-7(8)9/h6H,3-5H2,1-2H3,(H,8,9). The summed E-state index contributed by atoms with van der Waals surface area (Å²) >= 11 is 1.44. The van der Waals surface area contributed by atoms with Crippen LogP contribution in [0.3, 0.4) is 0 Å². The average Bonchev–Trinajstić information content (AvgIpc) is 1.97. The summed E-state index contributed by atoms with van der Waals surface area (Å²) in [6.45, 7) is 2.07. The van der Waals surface area contributed by atoms with Gasteiger partial charge in [0.05, 0.1) is 0 Å². The molecule has 0 fully saturated rings. The molecule has 4 heteroatoms. The summed E-state index contributed by atoms with van der Waals surface area (Å²) in [5.41, 5.74) is -0.188. The molecule has 0 saturated heterocycles. The van der Waals surface area contributed by atoms with Gasteiger partial charge in [-0.05, 0) is 19.1 Å². The number of rotatable bonds is 5. The van der Waals surface area contributed by atoms with E-state index in [1.807, 2.05) is 6.26 Å². The van der Waals surface area contributed by atoms with Crippen LogP contribution in [-0.2, 0) is 4.74 Å². The summed E-state index contributed by atoms with van der Waals surface area (Å²) in [5, 5.41) is 8.28. The first-order valence-electron chi connectivity index (χ1n) is 3.63. The second-order valence-corrected chi connectivity index (χ2v) is 3.19. The Morgan fingerprint density at radius 1 is 1.73 bits per heavy atom. The molecule has 0 aliphatic carbocycles. The monoisotopic (exact) mass is 178 g/mol. The predicted octanol–water partition coefficient (Wildman–Crippen LogP) is 2.56. The molecule has 11 heavy (non-hydrogen) atoms. The van der Waals surface area contributed by atoms with Gasteiger partial charge in [0.15, 0.2) is 5.44 Å². The predicted molar refractivity (Wildman–Crippen MR) is 45.9 cm³/mol. The van der Waals surface area contributed by atoms with E-state index in [2.05, 4.69) is 11.7 Å². The number of ether oxygens (including phenoxy) is 1. The van der Waals surface area contributed by atoms with E-state index in [1.165, 1.54) is 11.8 Å². The van der Waals surface area contributed by atoms with Crippen molar-refractivity contribution >= 4 is 17.9 Å². The molecule has 0 rings (SSSR count). The van der Waals surface area contributed by atoms with Crippen molar-refractivity contribution in [3.05, 3.63) is 0 Å². The molecule has 3 nitrogen and oxygen atoms in total. The van der Waals surface area contributed by atoms with Crippen LogP contribution in [0.15, 0.2) is 0 Å². The zero-order valence-corrected chi connectivity index (χ0v) is 7.69. The third-order valence-corrected chi connectivity index (χ3v) is 2.15. The van der Waals surface area contributed by atoms with Crippen molar-refractivity contribution in [2.45, 2.75) is 31.6 Å². The Bertz CT molecular complexity index is 116. The van der Waals surface area contributed by atoms with E-state index in [9.17, 15) is 4.79 Å². The number of unbranched alkanes of at least 4 members (excludes halogenated alkanes) is 1. The Kier molecular flexibility index (Phi) is 6.12. The minimum Gasteiger partial charge on any atom is -0.450 e. The molecule has 0 aromatic rings. The molecule has 0 amide bonds. The van der Waals surface area contributed by atoms with Gasteiger partial charge in [0.1, 0.15) is 0 Å². The van der Waals surface area contributed by atoms with Crippen LogP contribution < -0.4 is 0 Å². The highest BCUT2D eigenvalue weighted by atomic mass is 32.2. The number of hydrogen-bond acceptors (Lipinski definition) is 3. The summed E-state index contributed by atoms with van der Waals surface area (Å²) in [4.78, 5) is 10.1. The first-order valence-corrected chi connectivity index (χ1v) is 4.91. The van der Waals surface area contributed by atoms with Crippen LogP contribution in [0, 0.1) is 0 Å². The molecule has 0 heterocycles. The number of carbonyl (C=O) groups is 1. The Balaban J connectivity index is 3.49. The number of carboxylic acid groups (broad SMARTS) is 1. The van der Waals surface area contributed by atoms with Crippen LogP contribution in [0.25, 0.3) is 0 Å². The quantitative estimate of drug-likeness (QED) is 0.519. The molecule has 66 valence electrons. The Labute approximate surface area is 71.1 Å². The fourth-order valence-electron chi connectivity index (χ4n) is 0.708. The molecule has 0 bridgehead atoms. The molecule has 1 unspecified atom stereocenters. The fraction of sp³-hybridized carbons (Fsp3) is 0.857. The van der Waals surface area contributed by atoms with E-state index < -0.39 is 6.16 Å². The maximum Gasteiger partial charge on any atom is 0.506 e. The molecule has 0 radical (unpaired) electrons. The lowest BCUT2D eigenvalue weighted by Gasteiger charge is -2.11. The number of hydrogen-bond donors (Lipinski definition) is 1. The van der Waals surface area contributed by atoms with Crippen molar-refractivity contribution in [3.63, 3.8) is 0 Å². The van der Waals surface area contributed by atoms with Gasteiger partial charge in [-0.3, -0.25) is 0 Å². The van der Waals surface area contributed by atoms with E-state index in [-0.39, 0.29) is 5.44 Å². The van der Waals surface area contributed by atoms with Gasteiger partial charge in [-0.1, -0.05) is 13.3 Å². The minimum absolute atomic E-state index is 0.188. The van der Waals surface area contributed by atoms with Crippen molar-refractivity contribution < 1.29 is 14.6 Å². The minimum atomic E-state index is -1.18. The van der Waals surface area contributed by atoms with Gasteiger partial charge in [0.25, 0.3) is 0 Å². The zero-order valence-electron chi connectivity index (χ0n) is 6.87. The van der Waals surface area contributed by atoms with Crippen LogP contribution >= 0.6 is 11.8 Å².